The van der Waals surface area contributed by atoms with Crippen LogP contribution in [0.2, 0.25) is 0 Å². The molecule has 3 aromatic rings. The van der Waals surface area contributed by atoms with Crippen LogP contribution >= 0.6 is 0 Å². The summed E-state index contributed by atoms with van der Waals surface area (Å²) >= 11 is 0. The number of hydrogen-bond donors (Lipinski definition) is 1. The maximum absolute atomic E-state index is 11.5. The maximum atomic E-state index is 11.5. The summed E-state index contributed by atoms with van der Waals surface area (Å²) in [6, 6.07) is 13.0. The van der Waals surface area contributed by atoms with Crippen LogP contribution in [0.5, 0.6) is 5.75 Å². The molecule has 1 N–H and O–H groups in total. The fourth-order valence-corrected chi connectivity index (χ4v) is 2.24. The number of nitrogens with zero attached hydrogens (tertiary/aromatic N) is 4. The monoisotopic (exact) mass is 322 g/mol. The average molecular weight is 322 g/mol. The highest BCUT2D eigenvalue weighted by Gasteiger charge is 2.19. The Morgan fingerprint density at radius 2 is 1.92 bits per heavy atom. The van der Waals surface area contributed by atoms with Crippen LogP contribution in [0.4, 0.5) is 5.82 Å². The van der Waals surface area contributed by atoms with Gasteiger partial charge >= 0.3 is 5.97 Å². The van der Waals surface area contributed by atoms with Crippen LogP contribution in [-0.2, 0) is 4.79 Å². The molecule has 24 heavy (non-hydrogen) atoms. The van der Waals surface area contributed by atoms with Gasteiger partial charge in [0.15, 0.2) is 6.04 Å². The normalized spacial score (nSPS) is 12.4. The van der Waals surface area contributed by atoms with Gasteiger partial charge in [0.05, 0.1) is 13.3 Å². The highest BCUT2D eigenvalue weighted by Crippen LogP contribution is 2.26. The Bertz CT molecular complexity index is 888. The largest absolute Gasteiger partial charge is 0.497 e. The standard InChI is InChI=1S/C17H14N4O3/c1-24-13-8-6-11(7-9-13)15(17(22)23)19-21-16-14-5-3-2-4-12(14)10-18-20-16/h2-10,15H,1H3,(H,22,23). The van der Waals surface area contributed by atoms with Crippen LogP contribution in [0.15, 0.2) is 65.0 Å². The number of carbonyl (C=O) groups is 1. The molecule has 1 heterocycles. The highest BCUT2D eigenvalue weighted by atomic mass is 16.5. The Hall–Kier alpha value is -3.35. The van der Waals surface area contributed by atoms with Gasteiger partial charge in [0.1, 0.15) is 5.75 Å². The van der Waals surface area contributed by atoms with Crippen molar-refractivity contribution in [2.75, 3.05) is 7.11 Å². The Morgan fingerprint density at radius 1 is 1.17 bits per heavy atom. The van der Waals surface area contributed by atoms with E-state index >= 15 is 0 Å². The number of ether oxygens (including phenoxy) is 1. The van der Waals surface area contributed by atoms with E-state index in [1.807, 2.05) is 24.3 Å². The van der Waals surface area contributed by atoms with E-state index in [0.717, 1.165) is 10.8 Å². The smallest absolute Gasteiger partial charge is 0.335 e. The highest BCUT2D eigenvalue weighted by molar-refractivity contribution is 5.89. The summed E-state index contributed by atoms with van der Waals surface area (Å²) in [4.78, 5) is 11.5. The van der Waals surface area contributed by atoms with E-state index in [9.17, 15) is 9.90 Å². The maximum Gasteiger partial charge on any atom is 0.335 e. The lowest BCUT2D eigenvalue weighted by Crippen LogP contribution is -2.08. The van der Waals surface area contributed by atoms with Crippen LogP contribution in [0, 0.1) is 0 Å². The zero-order chi connectivity index (χ0) is 16.9. The molecule has 0 aliphatic carbocycles. The summed E-state index contributed by atoms with van der Waals surface area (Å²) in [7, 11) is 1.54. The van der Waals surface area contributed by atoms with E-state index in [1.165, 1.54) is 0 Å². The van der Waals surface area contributed by atoms with Crippen LogP contribution < -0.4 is 4.74 Å². The first kappa shape index (κ1) is 15.5. The number of azo groups is 1. The summed E-state index contributed by atoms with van der Waals surface area (Å²) in [6.45, 7) is 0. The Morgan fingerprint density at radius 3 is 2.62 bits per heavy atom. The number of carboxylic acids is 1. The lowest BCUT2D eigenvalue weighted by atomic mass is 10.1. The second kappa shape index (κ2) is 6.82. The second-order valence-electron chi connectivity index (χ2n) is 4.98. The minimum Gasteiger partial charge on any atom is -0.497 e. The third-order valence-corrected chi connectivity index (χ3v) is 3.48. The summed E-state index contributed by atoms with van der Waals surface area (Å²) in [6.07, 6.45) is 1.62. The van der Waals surface area contributed by atoms with Gasteiger partial charge < -0.3 is 9.84 Å². The van der Waals surface area contributed by atoms with Crippen molar-refractivity contribution in [3.63, 3.8) is 0 Å². The molecule has 0 saturated heterocycles. The Labute approximate surface area is 137 Å². The number of aliphatic carboxylic acids is 1. The predicted octanol–water partition coefficient (Wildman–Crippen LogP) is 3.55. The number of carboxylic acid groups (broad SMARTS) is 1. The molecule has 1 atom stereocenters. The Kier molecular flexibility index (Phi) is 4.42. The van der Waals surface area contributed by atoms with E-state index in [0.29, 0.717) is 11.3 Å². The van der Waals surface area contributed by atoms with Crippen LogP contribution in [-0.4, -0.2) is 28.4 Å². The number of hydrogen-bond acceptors (Lipinski definition) is 6. The van der Waals surface area contributed by atoms with E-state index < -0.39 is 12.0 Å². The molecule has 1 aromatic heterocycles. The summed E-state index contributed by atoms with van der Waals surface area (Å²) in [5, 5.41) is 26.8. The molecule has 3 rings (SSSR count). The van der Waals surface area contributed by atoms with Gasteiger partial charge in [-0.15, -0.1) is 10.2 Å². The van der Waals surface area contributed by atoms with Crippen LogP contribution in [0.1, 0.15) is 11.6 Å². The third kappa shape index (κ3) is 3.19. The van der Waals surface area contributed by atoms with Crippen molar-refractivity contribution in [1.82, 2.24) is 10.2 Å². The lowest BCUT2D eigenvalue weighted by Gasteiger charge is -2.07. The van der Waals surface area contributed by atoms with E-state index in [4.69, 9.17) is 4.74 Å². The van der Waals surface area contributed by atoms with Crippen molar-refractivity contribution < 1.29 is 14.6 Å². The molecule has 7 nitrogen and oxygen atoms in total. The SMILES string of the molecule is COc1ccc(C(N=Nc2nncc3ccccc23)C(=O)O)cc1. The van der Waals surface area contributed by atoms with Gasteiger partial charge in [0, 0.05) is 10.8 Å². The summed E-state index contributed by atoms with van der Waals surface area (Å²) in [5.41, 5.74) is 0.500. The van der Waals surface area contributed by atoms with Crippen molar-refractivity contribution >= 4 is 22.6 Å². The molecule has 0 bridgehead atoms. The molecule has 7 heteroatoms. The molecular formula is C17H14N4O3. The van der Waals surface area contributed by atoms with E-state index in [1.54, 1.807) is 37.6 Å². The zero-order valence-corrected chi connectivity index (χ0v) is 12.8. The van der Waals surface area contributed by atoms with Crippen molar-refractivity contribution in [3.05, 3.63) is 60.3 Å². The summed E-state index contributed by atoms with van der Waals surface area (Å²) < 4.78 is 5.07. The van der Waals surface area contributed by atoms with Crippen molar-refractivity contribution in [2.24, 2.45) is 10.2 Å². The zero-order valence-electron chi connectivity index (χ0n) is 12.8. The quantitative estimate of drug-likeness (QED) is 0.724. The summed E-state index contributed by atoms with van der Waals surface area (Å²) in [5.74, 6) is -0.176. The van der Waals surface area contributed by atoms with Gasteiger partial charge in [-0.2, -0.15) is 10.2 Å². The van der Waals surface area contributed by atoms with Gasteiger partial charge in [0.2, 0.25) is 5.82 Å². The van der Waals surface area contributed by atoms with Crippen LogP contribution in [0.25, 0.3) is 10.8 Å². The molecule has 2 aromatic carbocycles. The lowest BCUT2D eigenvalue weighted by molar-refractivity contribution is -0.138. The predicted molar refractivity (Wildman–Crippen MR) is 87.4 cm³/mol. The van der Waals surface area contributed by atoms with Crippen molar-refractivity contribution in [3.8, 4) is 5.75 Å². The molecule has 0 amide bonds. The average Bonchev–Trinajstić information content (AvgIpc) is 2.62. The first-order chi connectivity index (χ1) is 11.7. The molecule has 0 aliphatic rings. The minimum atomic E-state index is -1.13. The van der Waals surface area contributed by atoms with Gasteiger partial charge in [-0.3, -0.25) is 0 Å². The molecule has 1 unspecified atom stereocenters. The van der Waals surface area contributed by atoms with Crippen molar-refractivity contribution in [2.45, 2.75) is 6.04 Å². The van der Waals surface area contributed by atoms with Gasteiger partial charge in [0.25, 0.3) is 0 Å². The first-order valence-electron chi connectivity index (χ1n) is 7.17. The molecule has 0 spiro atoms. The number of rotatable bonds is 5. The molecule has 0 radical (unpaired) electrons. The molecule has 0 saturated carbocycles. The Balaban J connectivity index is 1.95. The van der Waals surface area contributed by atoms with E-state index in [-0.39, 0.29) is 5.82 Å². The van der Waals surface area contributed by atoms with Gasteiger partial charge in [-0.25, -0.2) is 4.79 Å². The molecule has 120 valence electrons. The number of aromatic nitrogens is 2. The topological polar surface area (TPSA) is 97.0 Å². The molecule has 0 fully saturated rings. The van der Waals surface area contributed by atoms with E-state index in [2.05, 4.69) is 20.4 Å². The van der Waals surface area contributed by atoms with Crippen molar-refractivity contribution in [1.29, 1.82) is 0 Å². The second-order valence-corrected chi connectivity index (χ2v) is 4.98. The first-order valence-corrected chi connectivity index (χ1v) is 7.17. The number of fused-ring (bicyclic) bond motifs is 1. The minimum absolute atomic E-state index is 0.285. The van der Waals surface area contributed by atoms with Gasteiger partial charge in [-0.05, 0) is 17.7 Å². The van der Waals surface area contributed by atoms with Gasteiger partial charge in [-0.1, -0.05) is 36.4 Å². The molecule has 0 aliphatic heterocycles. The fourth-order valence-electron chi connectivity index (χ4n) is 2.24. The van der Waals surface area contributed by atoms with Crippen LogP contribution in [0.3, 0.4) is 0 Å². The third-order valence-electron chi connectivity index (χ3n) is 3.48. The number of methoxy groups -OCH3 is 1. The number of benzene rings is 2. The molecular weight excluding hydrogens is 308 g/mol. The fraction of sp³-hybridized carbons (Fsp3) is 0.118.